The zero-order valence-corrected chi connectivity index (χ0v) is 7.51. The van der Waals surface area contributed by atoms with E-state index in [1.807, 2.05) is 13.0 Å². The highest BCUT2D eigenvalue weighted by Crippen LogP contribution is 2.20. The van der Waals surface area contributed by atoms with Gasteiger partial charge in [-0.1, -0.05) is 0 Å². The first-order valence-corrected chi connectivity index (χ1v) is 4.03. The van der Waals surface area contributed by atoms with E-state index in [-0.39, 0.29) is 0 Å². The van der Waals surface area contributed by atoms with Crippen LogP contribution in [0.4, 0.5) is 0 Å². The van der Waals surface area contributed by atoms with Crippen molar-refractivity contribution in [2.75, 3.05) is 0 Å². The van der Waals surface area contributed by atoms with Gasteiger partial charge in [0.05, 0.1) is 11.7 Å². The molecular weight excluding hydrogens is 206 g/mol. The average Bonchev–Trinajstić information content (AvgIpc) is 2.34. The number of hydrogen-bond acceptors (Lipinski definition) is 2. The molecule has 11 heavy (non-hydrogen) atoms. The van der Waals surface area contributed by atoms with E-state index < -0.39 is 0 Å². The van der Waals surface area contributed by atoms with Crippen molar-refractivity contribution in [1.29, 1.82) is 0 Å². The molecule has 3 nitrogen and oxygen atoms in total. The molecule has 1 N–H and O–H groups in total. The first kappa shape index (κ1) is 6.79. The first-order valence-electron chi connectivity index (χ1n) is 3.23. The first-order chi connectivity index (χ1) is 5.27. The zero-order valence-electron chi connectivity index (χ0n) is 5.93. The monoisotopic (exact) mass is 211 g/mol. The maximum Gasteiger partial charge on any atom is 0.109 e. The number of fused-ring (bicyclic) bond motifs is 1. The quantitative estimate of drug-likeness (QED) is 0.725. The maximum atomic E-state index is 4.27. The van der Waals surface area contributed by atoms with Gasteiger partial charge in [-0.3, -0.25) is 5.10 Å². The number of hydrogen-bond donors (Lipinski definition) is 1. The molecule has 4 heteroatoms. The lowest BCUT2D eigenvalue weighted by Gasteiger charge is -1.94. The summed E-state index contributed by atoms with van der Waals surface area (Å²) in [6.45, 7) is 1.96. The summed E-state index contributed by atoms with van der Waals surface area (Å²) < 4.78 is 1.01. The van der Waals surface area contributed by atoms with Gasteiger partial charge < -0.3 is 0 Å². The van der Waals surface area contributed by atoms with E-state index in [1.165, 1.54) is 0 Å². The standard InChI is InChI=1S/C7H6BrN3/c1-4-2-5(8)7-6(10-4)3-9-11-7/h2-3H,1H3,(H,9,11). The molecule has 0 saturated carbocycles. The molecule has 0 amide bonds. The van der Waals surface area contributed by atoms with Gasteiger partial charge in [0, 0.05) is 10.2 Å². The molecule has 0 fully saturated rings. The molecule has 0 saturated heterocycles. The second kappa shape index (κ2) is 2.30. The molecule has 0 unspecified atom stereocenters. The predicted octanol–water partition coefficient (Wildman–Crippen LogP) is 2.03. The molecule has 0 aliphatic rings. The van der Waals surface area contributed by atoms with Crippen LogP contribution in [0.2, 0.25) is 0 Å². The largest absolute Gasteiger partial charge is 0.275 e. The number of nitrogens with zero attached hydrogens (tertiary/aromatic N) is 2. The molecule has 2 aromatic rings. The van der Waals surface area contributed by atoms with Crippen LogP contribution >= 0.6 is 15.9 Å². The Morgan fingerprint density at radius 2 is 2.36 bits per heavy atom. The van der Waals surface area contributed by atoms with Crippen molar-refractivity contribution in [3.05, 3.63) is 22.4 Å². The minimum atomic E-state index is 0.900. The highest BCUT2D eigenvalue weighted by Gasteiger charge is 2.01. The number of aryl methyl sites for hydroxylation is 1. The van der Waals surface area contributed by atoms with Gasteiger partial charge in [-0.2, -0.15) is 5.10 Å². The van der Waals surface area contributed by atoms with E-state index >= 15 is 0 Å². The number of nitrogens with one attached hydrogen (secondary N) is 1. The summed E-state index contributed by atoms with van der Waals surface area (Å²) in [6, 6.07) is 1.96. The lowest BCUT2D eigenvalue weighted by molar-refractivity contribution is 1.12. The SMILES string of the molecule is Cc1cc(Br)c2[nH]ncc2n1. The molecule has 0 spiro atoms. The van der Waals surface area contributed by atoms with E-state index in [0.717, 1.165) is 21.2 Å². The van der Waals surface area contributed by atoms with Crippen molar-refractivity contribution in [3.63, 3.8) is 0 Å². The van der Waals surface area contributed by atoms with Crippen molar-refractivity contribution < 1.29 is 0 Å². The molecule has 2 heterocycles. The Bertz CT molecular complexity index is 393. The molecule has 0 atom stereocenters. The molecule has 56 valence electrons. The third-order valence-corrected chi connectivity index (χ3v) is 2.12. The number of pyridine rings is 1. The summed E-state index contributed by atoms with van der Waals surface area (Å²) >= 11 is 3.42. The molecule has 0 aliphatic carbocycles. The Balaban J connectivity index is 2.91. The van der Waals surface area contributed by atoms with Crippen LogP contribution < -0.4 is 0 Å². The van der Waals surface area contributed by atoms with E-state index in [9.17, 15) is 0 Å². The minimum Gasteiger partial charge on any atom is -0.275 e. The summed E-state index contributed by atoms with van der Waals surface area (Å²) in [5.74, 6) is 0. The second-order valence-corrected chi connectivity index (χ2v) is 3.23. The minimum absolute atomic E-state index is 0.900. The Hall–Kier alpha value is -0.900. The van der Waals surface area contributed by atoms with Crippen LogP contribution in [-0.2, 0) is 0 Å². The van der Waals surface area contributed by atoms with Crippen LogP contribution in [0, 0.1) is 6.92 Å². The van der Waals surface area contributed by atoms with Gasteiger partial charge in [-0.25, -0.2) is 4.98 Å². The van der Waals surface area contributed by atoms with Crippen molar-refractivity contribution in [2.45, 2.75) is 6.92 Å². The van der Waals surface area contributed by atoms with Crippen molar-refractivity contribution in [3.8, 4) is 0 Å². The zero-order chi connectivity index (χ0) is 7.84. The van der Waals surface area contributed by atoms with Crippen molar-refractivity contribution in [1.82, 2.24) is 15.2 Å². The van der Waals surface area contributed by atoms with Crippen LogP contribution in [-0.4, -0.2) is 15.2 Å². The molecule has 0 bridgehead atoms. The van der Waals surface area contributed by atoms with E-state index in [1.54, 1.807) is 6.20 Å². The van der Waals surface area contributed by atoms with Gasteiger partial charge in [-0.05, 0) is 28.9 Å². The van der Waals surface area contributed by atoms with Crippen molar-refractivity contribution >= 4 is 27.0 Å². The van der Waals surface area contributed by atoms with Gasteiger partial charge in [-0.15, -0.1) is 0 Å². The van der Waals surface area contributed by atoms with Crippen molar-refractivity contribution in [2.24, 2.45) is 0 Å². The average molecular weight is 212 g/mol. The van der Waals surface area contributed by atoms with Crippen LogP contribution in [0.15, 0.2) is 16.7 Å². The normalized spacial score (nSPS) is 10.7. The predicted molar refractivity (Wildman–Crippen MR) is 46.3 cm³/mol. The topological polar surface area (TPSA) is 41.6 Å². The fraction of sp³-hybridized carbons (Fsp3) is 0.143. The summed E-state index contributed by atoms with van der Waals surface area (Å²) in [7, 11) is 0. The maximum absolute atomic E-state index is 4.27. The van der Waals surface area contributed by atoms with Gasteiger partial charge in [0.25, 0.3) is 0 Å². The van der Waals surface area contributed by atoms with Gasteiger partial charge >= 0.3 is 0 Å². The number of H-pyrrole nitrogens is 1. The second-order valence-electron chi connectivity index (χ2n) is 2.38. The summed E-state index contributed by atoms with van der Waals surface area (Å²) in [5, 5.41) is 6.74. The van der Waals surface area contributed by atoms with E-state index in [4.69, 9.17) is 0 Å². The molecule has 2 rings (SSSR count). The Morgan fingerprint density at radius 1 is 1.55 bits per heavy atom. The number of aromatic amines is 1. The Kier molecular flexibility index (Phi) is 1.42. The highest BCUT2D eigenvalue weighted by atomic mass is 79.9. The molecule has 0 aliphatic heterocycles. The number of halogens is 1. The van der Waals surface area contributed by atoms with Gasteiger partial charge in [0.1, 0.15) is 5.52 Å². The fourth-order valence-electron chi connectivity index (χ4n) is 1.02. The van der Waals surface area contributed by atoms with Crippen LogP contribution in [0.25, 0.3) is 11.0 Å². The summed E-state index contributed by atoms with van der Waals surface area (Å²) in [6.07, 6.45) is 1.72. The Labute approximate surface area is 72.0 Å². The molecule has 2 aromatic heterocycles. The fourth-order valence-corrected chi connectivity index (χ4v) is 1.64. The van der Waals surface area contributed by atoms with Gasteiger partial charge in [0.2, 0.25) is 0 Å². The summed E-state index contributed by atoms with van der Waals surface area (Å²) in [5.41, 5.74) is 2.85. The third kappa shape index (κ3) is 1.03. The van der Waals surface area contributed by atoms with Crippen LogP contribution in [0.1, 0.15) is 5.69 Å². The molecule has 0 radical (unpaired) electrons. The van der Waals surface area contributed by atoms with Gasteiger partial charge in [0.15, 0.2) is 0 Å². The third-order valence-electron chi connectivity index (χ3n) is 1.49. The van der Waals surface area contributed by atoms with E-state index in [0.29, 0.717) is 0 Å². The van der Waals surface area contributed by atoms with Crippen LogP contribution in [0.3, 0.4) is 0 Å². The lowest BCUT2D eigenvalue weighted by atomic mass is 10.3. The number of aromatic nitrogens is 3. The van der Waals surface area contributed by atoms with E-state index in [2.05, 4.69) is 31.1 Å². The smallest absolute Gasteiger partial charge is 0.109 e. The number of rotatable bonds is 0. The summed E-state index contributed by atoms with van der Waals surface area (Å²) in [4.78, 5) is 4.27. The molecular formula is C7H6BrN3. The Morgan fingerprint density at radius 3 is 3.18 bits per heavy atom. The lowest BCUT2D eigenvalue weighted by Crippen LogP contribution is -1.81. The highest BCUT2D eigenvalue weighted by molar-refractivity contribution is 9.10. The molecule has 0 aromatic carbocycles. The van der Waals surface area contributed by atoms with Crippen LogP contribution in [0.5, 0.6) is 0 Å².